The minimum Gasteiger partial charge on any atom is -0.316 e. The van der Waals surface area contributed by atoms with E-state index < -0.39 is 0 Å². The number of hydrogen-bond donors (Lipinski definition) is 2. The highest BCUT2D eigenvalue weighted by atomic mass is 35.5. The SMILES string of the molecule is Fc1cccc(Cl)c1Cn1ccc(NC(=S)Nc2ccn(Cc3c(Cl)cccc3Cl)n2)n1. The van der Waals surface area contributed by atoms with Crippen LogP contribution in [0.15, 0.2) is 60.9 Å². The lowest BCUT2D eigenvalue weighted by Crippen LogP contribution is -2.20. The first-order valence-corrected chi connectivity index (χ1v) is 10.9. The first-order valence-electron chi connectivity index (χ1n) is 9.40. The summed E-state index contributed by atoms with van der Waals surface area (Å²) in [4.78, 5) is 0. The lowest BCUT2D eigenvalue weighted by molar-refractivity contribution is 0.586. The summed E-state index contributed by atoms with van der Waals surface area (Å²) in [6.07, 6.45) is 3.49. The van der Waals surface area contributed by atoms with Crippen LogP contribution in [0.4, 0.5) is 16.0 Å². The smallest absolute Gasteiger partial charge is 0.177 e. The van der Waals surface area contributed by atoms with Crippen LogP contribution in [0.1, 0.15) is 11.1 Å². The van der Waals surface area contributed by atoms with E-state index in [2.05, 4.69) is 20.8 Å². The van der Waals surface area contributed by atoms with Gasteiger partial charge in [0.1, 0.15) is 5.82 Å². The normalized spacial score (nSPS) is 10.9. The third kappa shape index (κ3) is 5.39. The van der Waals surface area contributed by atoms with E-state index in [4.69, 9.17) is 47.0 Å². The summed E-state index contributed by atoms with van der Waals surface area (Å²) in [5, 5.41) is 16.5. The Labute approximate surface area is 203 Å². The fourth-order valence-electron chi connectivity index (χ4n) is 2.99. The highest BCUT2D eigenvalue weighted by Crippen LogP contribution is 2.25. The van der Waals surface area contributed by atoms with Gasteiger partial charge in [-0.1, -0.05) is 46.9 Å². The van der Waals surface area contributed by atoms with Gasteiger partial charge in [0.2, 0.25) is 0 Å². The predicted octanol–water partition coefficient (Wildman–Crippen LogP) is 6.08. The molecular weight excluding hydrogens is 494 g/mol. The van der Waals surface area contributed by atoms with Crippen molar-refractivity contribution in [1.29, 1.82) is 0 Å². The molecule has 0 amide bonds. The number of nitrogens with one attached hydrogen (secondary N) is 2. The molecular formula is C21H16Cl3FN6S. The minimum absolute atomic E-state index is 0.197. The molecule has 4 aromatic rings. The molecule has 0 aliphatic carbocycles. The molecule has 2 heterocycles. The molecule has 0 bridgehead atoms. The van der Waals surface area contributed by atoms with E-state index in [-0.39, 0.29) is 12.4 Å². The maximum atomic E-state index is 14.0. The van der Waals surface area contributed by atoms with Gasteiger partial charge in [-0.25, -0.2) is 4.39 Å². The molecule has 0 atom stereocenters. The van der Waals surface area contributed by atoms with Crippen LogP contribution < -0.4 is 10.6 Å². The summed E-state index contributed by atoms with van der Waals surface area (Å²) in [6.45, 7) is 0.617. The second-order valence-electron chi connectivity index (χ2n) is 6.78. The van der Waals surface area contributed by atoms with Gasteiger partial charge < -0.3 is 10.6 Å². The Bertz CT molecular complexity index is 1140. The number of anilines is 2. The Hall–Kier alpha value is -2.65. The van der Waals surface area contributed by atoms with Crippen LogP contribution in [0, 0.1) is 5.82 Å². The lowest BCUT2D eigenvalue weighted by atomic mass is 10.2. The number of halogens is 4. The molecule has 4 rings (SSSR count). The highest BCUT2D eigenvalue weighted by Gasteiger charge is 2.11. The summed E-state index contributed by atoms with van der Waals surface area (Å²) in [7, 11) is 0. The van der Waals surface area contributed by atoms with Crippen LogP contribution in [0.3, 0.4) is 0 Å². The van der Waals surface area contributed by atoms with Crippen molar-refractivity contribution in [2.75, 3.05) is 10.6 Å². The van der Waals surface area contributed by atoms with E-state index in [0.29, 0.717) is 43.9 Å². The van der Waals surface area contributed by atoms with Crippen molar-refractivity contribution in [3.8, 4) is 0 Å². The van der Waals surface area contributed by atoms with Crippen molar-refractivity contribution in [3.63, 3.8) is 0 Å². The molecule has 0 spiro atoms. The fourth-order valence-corrected chi connectivity index (χ4v) is 3.94. The molecule has 0 saturated heterocycles. The molecule has 0 fully saturated rings. The average molecular weight is 510 g/mol. The van der Waals surface area contributed by atoms with Crippen LogP contribution in [-0.2, 0) is 13.1 Å². The molecule has 0 aliphatic rings. The Morgan fingerprint density at radius 1 is 0.781 bits per heavy atom. The number of thiocarbonyl (C=S) groups is 1. The minimum atomic E-state index is -0.381. The largest absolute Gasteiger partial charge is 0.316 e. The first-order chi connectivity index (χ1) is 15.4. The Kier molecular flexibility index (Phi) is 6.95. The zero-order valence-electron chi connectivity index (χ0n) is 16.4. The molecule has 2 aromatic heterocycles. The average Bonchev–Trinajstić information content (AvgIpc) is 3.37. The standard InChI is InChI=1S/C21H16Cl3FN6S/c22-15-3-1-4-16(23)13(15)11-30-9-7-19(28-30)26-21(32)27-20-8-10-31(29-20)12-14-17(24)5-2-6-18(14)25/h1-10H,11-12H2,(H2,26,27,28,29,32). The van der Waals surface area contributed by atoms with E-state index in [0.717, 1.165) is 5.56 Å². The summed E-state index contributed by atoms with van der Waals surface area (Å²) >= 11 is 23.9. The van der Waals surface area contributed by atoms with Gasteiger partial charge in [0, 0.05) is 50.7 Å². The Balaban J connectivity index is 1.36. The van der Waals surface area contributed by atoms with Gasteiger partial charge >= 0.3 is 0 Å². The van der Waals surface area contributed by atoms with Crippen molar-refractivity contribution in [2.45, 2.75) is 13.1 Å². The quantitative estimate of drug-likeness (QED) is 0.308. The van der Waals surface area contributed by atoms with Crippen LogP contribution in [0.25, 0.3) is 0 Å². The van der Waals surface area contributed by atoms with Gasteiger partial charge in [0.25, 0.3) is 0 Å². The molecule has 2 N–H and O–H groups in total. The Morgan fingerprint density at radius 2 is 1.25 bits per heavy atom. The molecule has 0 unspecified atom stereocenters. The maximum Gasteiger partial charge on any atom is 0.177 e. The maximum absolute atomic E-state index is 14.0. The molecule has 0 radical (unpaired) electrons. The van der Waals surface area contributed by atoms with Crippen LogP contribution in [-0.4, -0.2) is 24.7 Å². The lowest BCUT2D eigenvalue weighted by Gasteiger charge is -2.08. The first kappa shape index (κ1) is 22.5. The highest BCUT2D eigenvalue weighted by molar-refractivity contribution is 7.80. The molecule has 11 heteroatoms. The molecule has 0 saturated carbocycles. The summed E-state index contributed by atoms with van der Waals surface area (Å²) < 4.78 is 17.2. The van der Waals surface area contributed by atoms with E-state index in [1.807, 2.05) is 0 Å². The van der Waals surface area contributed by atoms with Gasteiger partial charge in [-0.05, 0) is 36.5 Å². The monoisotopic (exact) mass is 508 g/mol. The second-order valence-corrected chi connectivity index (χ2v) is 8.41. The van der Waals surface area contributed by atoms with Gasteiger partial charge in [0.05, 0.1) is 13.1 Å². The summed E-state index contributed by atoms with van der Waals surface area (Å²) in [5.74, 6) is 0.661. The van der Waals surface area contributed by atoms with Crippen LogP contribution in [0.5, 0.6) is 0 Å². The number of benzene rings is 2. The van der Waals surface area contributed by atoms with Crippen molar-refractivity contribution < 1.29 is 4.39 Å². The van der Waals surface area contributed by atoms with Crippen molar-refractivity contribution in [3.05, 3.63) is 92.9 Å². The third-order valence-electron chi connectivity index (χ3n) is 4.53. The van der Waals surface area contributed by atoms with Gasteiger partial charge in [-0.3, -0.25) is 9.36 Å². The zero-order chi connectivity index (χ0) is 22.7. The summed E-state index contributed by atoms with van der Waals surface area (Å²) in [6, 6.07) is 13.4. The number of hydrogen-bond acceptors (Lipinski definition) is 3. The Morgan fingerprint density at radius 3 is 1.78 bits per heavy atom. The van der Waals surface area contributed by atoms with Crippen molar-refractivity contribution >= 4 is 63.8 Å². The molecule has 6 nitrogen and oxygen atoms in total. The number of aromatic nitrogens is 4. The third-order valence-corrected chi connectivity index (χ3v) is 5.79. The van der Waals surface area contributed by atoms with Crippen molar-refractivity contribution in [2.24, 2.45) is 0 Å². The summed E-state index contributed by atoms with van der Waals surface area (Å²) in [5.41, 5.74) is 1.15. The van der Waals surface area contributed by atoms with Crippen LogP contribution >= 0.6 is 47.0 Å². The molecule has 164 valence electrons. The van der Waals surface area contributed by atoms with E-state index in [1.165, 1.54) is 6.07 Å². The van der Waals surface area contributed by atoms with E-state index >= 15 is 0 Å². The second kappa shape index (κ2) is 9.87. The van der Waals surface area contributed by atoms with Gasteiger partial charge in [0.15, 0.2) is 16.7 Å². The topological polar surface area (TPSA) is 59.7 Å². The van der Waals surface area contributed by atoms with E-state index in [9.17, 15) is 4.39 Å². The number of nitrogens with zero attached hydrogens (tertiary/aromatic N) is 4. The zero-order valence-corrected chi connectivity index (χ0v) is 19.5. The predicted molar refractivity (Wildman–Crippen MR) is 130 cm³/mol. The van der Waals surface area contributed by atoms with Crippen molar-refractivity contribution in [1.82, 2.24) is 19.6 Å². The van der Waals surface area contributed by atoms with E-state index in [1.54, 1.807) is 64.2 Å². The molecule has 32 heavy (non-hydrogen) atoms. The molecule has 2 aromatic carbocycles. The fraction of sp³-hybridized carbons (Fsp3) is 0.0952. The van der Waals surface area contributed by atoms with Gasteiger partial charge in [-0.2, -0.15) is 10.2 Å². The van der Waals surface area contributed by atoms with Gasteiger partial charge in [-0.15, -0.1) is 0 Å². The van der Waals surface area contributed by atoms with Crippen LogP contribution in [0.2, 0.25) is 15.1 Å². The number of rotatable bonds is 6. The molecule has 0 aliphatic heterocycles.